The van der Waals surface area contributed by atoms with Crippen LogP contribution < -0.4 is 0 Å². The van der Waals surface area contributed by atoms with E-state index in [1.54, 1.807) is 6.04 Å². The molecule has 0 atom stereocenters. The Morgan fingerprint density at radius 1 is 1.30 bits per heavy atom. The predicted molar refractivity (Wildman–Crippen MR) is 49.0 cm³/mol. The van der Waals surface area contributed by atoms with Gasteiger partial charge in [0.25, 0.3) is 0 Å². The molecule has 1 nitrogen and oxygen atoms in total. The maximum Gasteiger partial charge on any atom is 0.0946 e. The Hall–Kier alpha value is 0.177. The van der Waals surface area contributed by atoms with E-state index in [9.17, 15) is 0 Å². The Morgan fingerprint density at radius 3 is 2.40 bits per heavy atom. The summed E-state index contributed by atoms with van der Waals surface area (Å²) >= 11 is 0. The van der Waals surface area contributed by atoms with Gasteiger partial charge >= 0.3 is 0 Å². The van der Waals surface area contributed by atoms with Gasteiger partial charge in [-0.3, -0.25) is 0 Å². The lowest BCUT2D eigenvalue weighted by Crippen LogP contribution is -2.18. The van der Waals surface area contributed by atoms with Gasteiger partial charge in [0.1, 0.15) is 0 Å². The molecule has 10 heavy (non-hydrogen) atoms. The van der Waals surface area contributed by atoms with Crippen molar-refractivity contribution in [2.45, 2.75) is 31.7 Å². The highest BCUT2D eigenvalue weighted by Gasteiger charge is 2.14. The van der Waals surface area contributed by atoms with Crippen molar-refractivity contribution < 1.29 is 0 Å². The van der Waals surface area contributed by atoms with Gasteiger partial charge in [-0.1, -0.05) is 25.7 Å². The van der Waals surface area contributed by atoms with Crippen molar-refractivity contribution >= 4 is 9.68 Å². The molecular weight excluding hydrogens is 138 g/mol. The summed E-state index contributed by atoms with van der Waals surface area (Å²) < 4.78 is 2.43. The number of nitrogens with zero attached hydrogens (tertiary/aromatic N) is 1. The summed E-state index contributed by atoms with van der Waals surface area (Å²) in [7, 11) is 4.60. The molecule has 1 aliphatic carbocycles. The van der Waals surface area contributed by atoms with Crippen LogP contribution in [0.3, 0.4) is 0 Å². The van der Waals surface area contributed by atoms with E-state index in [-0.39, 0.29) is 9.68 Å². The van der Waals surface area contributed by atoms with Crippen LogP contribution in [0.2, 0.25) is 6.04 Å². The van der Waals surface area contributed by atoms with Crippen molar-refractivity contribution in [2.24, 2.45) is 5.92 Å². The molecule has 1 saturated carbocycles. The first-order chi connectivity index (χ1) is 4.79. The third-order valence-corrected chi connectivity index (χ3v) is 4.43. The Kier molecular flexibility index (Phi) is 3.42. The SMILES string of the molecule is CN(C)[SiH2]CC1CCCC1. The van der Waals surface area contributed by atoms with Gasteiger partial charge < -0.3 is 4.57 Å². The van der Waals surface area contributed by atoms with Gasteiger partial charge in [0.2, 0.25) is 0 Å². The molecule has 0 saturated heterocycles. The molecule has 0 amide bonds. The number of hydrogen-bond donors (Lipinski definition) is 0. The average molecular weight is 157 g/mol. The molecule has 60 valence electrons. The third kappa shape index (κ3) is 2.84. The van der Waals surface area contributed by atoms with E-state index >= 15 is 0 Å². The van der Waals surface area contributed by atoms with Gasteiger partial charge in [-0.15, -0.1) is 0 Å². The Balaban J connectivity index is 2.01. The maximum absolute atomic E-state index is 2.43. The van der Waals surface area contributed by atoms with Crippen LogP contribution in [0, 0.1) is 5.92 Å². The number of rotatable bonds is 3. The molecule has 0 heterocycles. The average Bonchev–Trinajstić information content (AvgIpc) is 2.34. The van der Waals surface area contributed by atoms with Crippen LogP contribution in [0.4, 0.5) is 0 Å². The molecule has 0 aromatic carbocycles. The Labute approximate surface area is 66.7 Å². The molecule has 0 bridgehead atoms. The Morgan fingerprint density at radius 2 is 1.90 bits per heavy atom. The minimum absolute atomic E-state index is 0.150. The fourth-order valence-electron chi connectivity index (χ4n) is 1.74. The van der Waals surface area contributed by atoms with Crippen LogP contribution in [0.25, 0.3) is 0 Å². The molecule has 0 radical (unpaired) electrons. The van der Waals surface area contributed by atoms with E-state index in [1.165, 1.54) is 25.7 Å². The molecule has 1 aliphatic rings. The molecular formula is C8H19NSi. The normalized spacial score (nSPS) is 21.9. The van der Waals surface area contributed by atoms with E-state index in [2.05, 4.69) is 18.7 Å². The van der Waals surface area contributed by atoms with Crippen molar-refractivity contribution in [3.05, 3.63) is 0 Å². The fraction of sp³-hybridized carbons (Fsp3) is 1.00. The highest BCUT2D eigenvalue weighted by molar-refractivity contribution is 6.31. The standard InChI is InChI=1S/C8H19NSi/c1-9(2)10-7-8-5-3-4-6-8/h8H,3-7,10H2,1-2H3. The first kappa shape index (κ1) is 8.28. The van der Waals surface area contributed by atoms with Gasteiger partial charge in [0, 0.05) is 0 Å². The lowest BCUT2D eigenvalue weighted by molar-refractivity contribution is 0.577. The van der Waals surface area contributed by atoms with Crippen LogP contribution in [0.5, 0.6) is 0 Å². The molecule has 2 heteroatoms. The van der Waals surface area contributed by atoms with Crippen LogP contribution in [0.15, 0.2) is 0 Å². The molecule has 0 aliphatic heterocycles. The zero-order chi connectivity index (χ0) is 7.40. The van der Waals surface area contributed by atoms with Gasteiger partial charge in [-0.05, 0) is 26.1 Å². The monoisotopic (exact) mass is 157 g/mol. The maximum atomic E-state index is 2.43. The van der Waals surface area contributed by atoms with E-state index in [4.69, 9.17) is 0 Å². The predicted octanol–water partition coefficient (Wildman–Crippen LogP) is 1.24. The molecule has 0 N–H and O–H groups in total. The van der Waals surface area contributed by atoms with E-state index in [0.717, 1.165) is 5.92 Å². The smallest absolute Gasteiger partial charge is 0.0946 e. The minimum Gasteiger partial charge on any atom is -0.334 e. The molecule has 0 spiro atoms. The second-order valence-corrected chi connectivity index (χ2v) is 6.03. The first-order valence-electron chi connectivity index (χ1n) is 4.44. The molecule has 0 aromatic heterocycles. The summed E-state index contributed by atoms with van der Waals surface area (Å²) in [5, 5.41) is 0. The highest BCUT2D eigenvalue weighted by atomic mass is 28.2. The van der Waals surface area contributed by atoms with Crippen molar-refractivity contribution in [3.8, 4) is 0 Å². The van der Waals surface area contributed by atoms with Gasteiger partial charge in [-0.2, -0.15) is 0 Å². The minimum atomic E-state index is 0.150. The van der Waals surface area contributed by atoms with Crippen LogP contribution in [-0.4, -0.2) is 28.3 Å². The van der Waals surface area contributed by atoms with Crippen molar-refractivity contribution in [2.75, 3.05) is 14.1 Å². The summed E-state index contributed by atoms with van der Waals surface area (Å²) in [6, 6.07) is 1.56. The summed E-state index contributed by atoms with van der Waals surface area (Å²) in [5.41, 5.74) is 0. The zero-order valence-electron chi connectivity index (χ0n) is 7.27. The van der Waals surface area contributed by atoms with Crippen LogP contribution in [0.1, 0.15) is 25.7 Å². The van der Waals surface area contributed by atoms with Gasteiger partial charge in [-0.25, -0.2) is 0 Å². The zero-order valence-corrected chi connectivity index (χ0v) is 8.68. The van der Waals surface area contributed by atoms with Crippen LogP contribution in [-0.2, 0) is 0 Å². The lowest BCUT2D eigenvalue weighted by atomic mass is 10.1. The summed E-state index contributed by atoms with van der Waals surface area (Å²) in [4.78, 5) is 0. The summed E-state index contributed by atoms with van der Waals surface area (Å²) in [5.74, 6) is 1.12. The first-order valence-corrected chi connectivity index (χ1v) is 6.07. The summed E-state index contributed by atoms with van der Waals surface area (Å²) in [6.07, 6.45) is 6.07. The highest BCUT2D eigenvalue weighted by Crippen LogP contribution is 2.27. The molecule has 1 fully saturated rings. The van der Waals surface area contributed by atoms with Crippen molar-refractivity contribution in [1.82, 2.24) is 4.57 Å². The van der Waals surface area contributed by atoms with E-state index < -0.39 is 0 Å². The Bertz CT molecular complexity index is 87.3. The fourth-order valence-corrected chi connectivity index (χ4v) is 3.20. The summed E-state index contributed by atoms with van der Waals surface area (Å²) in [6.45, 7) is 0. The van der Waals surface area contributed by atoms with Gasteiger partial charge in [0.15, 0.2) is 0 Å². The van der Waals surface area contributed by atoms with Crippen molar-refractivity contribution in [1.29, 1.82) is 0 Å². The van der Waals surface area contributed by atoms with Crippen molar-refractivity contribution in [3.63, 3.8) is 0 Å². The van der Waals surface area contributed by atoms with E-state index in [0.29, 0.717) is 0 Å². The van der Waals surface area contributed by atoms with Crippen LogP contribution >= 0.6 is 0 Å². The second-order valence-electron chi connectivity index (χ2n) is 3.74. The quantitative estimate of drug-likeness (QED) is 0.557. The molecule has 0 aromatic rings. The van der Waals surface area contributed by atoms with Gasteiger partial charge in [0.05, 0.1) is 9.68 Å². The largest absolute Gasteiger partial charge is 0.334 e. The number of hydrogen-bond acceptors (Lipinski definition) is 1. The van der Waals surface area contributed by atoms with E-state index in [1.807, 2.05) is 0 Å². The molecule has 1 rings (SSSR count). The topological polar surface area (TPSA) is 3.24 Å². The third-order valence-electron chi connectivity index (χ3n) is 2.46. The molecule has 0 unspecified atom stereocenters. The second kappa shape index (κ2) is 4.14. The lowest BCUT2D eigenvalue weighted by Gasteiger charge is -2.12.